The van der Waals surface area contributed by atoms with Gasteiger partial charge in [-0.3, -0.25) is 0 Å². The molecule has 0 aliphatic heterocycles. The smallest absolute Gasteiger partial charge is 0.242 e. The highest BCUT2D eigenvalue weighted by atomic mass is 28.2. The molecule has 0 aromatic carbocycles. The first-order valence-corrected chi connectivity index (χ1v) is 30.2. The van der Waals surface area contributed by atoms with Gasteiger partial charge in [-0.15, -0.1) is 6.58 Å². The first-order chi connectivity index (χ1) is 27.0. The molecule has 0 aliphatic carbocycles. The Morgan fingerprint density at radius 1 is 0.536 bits per heavy atom. The van der Waals surface area contributed by atoms with Crippen molar-refractivity contribution in [3.63, 3.8) is 0 Å². The zero-order chi connectivity index (χ0) is 47.2. The molecule has 0 N–H and O–H groups in total. The highest BCUT2D eigenvalue weighted by Crippen LogP contribution is 2.14. The fourth-order valence-electron chi connectivity index (χ4n) is 3.09. The van der Waals surface area contributed by atoms with Gasteiger partial charge in [-0.1, -0.05) is 122 Å². The van der Waals surface area contributed by atoms with Crippen LogP contribution in [0.3, 0.4) is 0 Å². The van der Waals surface area contributed by atoms with Crippen LogP contribution in [-0.4, -0.2) is 118 Å². The molecule has 22 heteroatoms. The number of methoxy groups -OCH3 is 1. The van der Waals surface area contributed by atoms with Crippen LogP contribution in [0, 0.1) is 5.92 Å². The van der Waals surface area contributed by atoms with Gasteiger partial charge in [-0.05, 0) is 44.7 Å². The second kappa shape index (κ2) is 124. The van der Waals surface area contributed by atoms with E-state index in [1.807, 2.05) is 13.0 Å². The molecule has 0 aromatic rings. The highest BCUT2D eigenvalue weighted by molar-refractivity contribution is 6.09. The Morgan fingerprint density at radius 2 is 0.946 bits per heavy atom. The van der Waals surface area contributed by atoms with Gasteiger partial charge in [0.2, 0.25) is 5.92 Å². The number of hydrogen-bond donors (Lipinski definition) is 0. The summed E-state index contributed by atoms with van der Waals surface area (Å²) in [6.07, 6.45) is 17.2. The zero-order valence-corrected chi connectivity index (χ0v) is 52.4. The molecule has 0 aromatic heterocycles. The molecule has 0 saturated heterocycles. The van der Waals surface area contributed by atoms with Crippen molar-refractivity contribution in [2.75, 3.05) is 40.1 Å². The second-order valence-corrected chi connectivity index (χ2v) is 18.2. The number of rotatable bonds is 22. The fraction of sp³-hybridized carbons (Fsp3) is 0.941. The number of alkyl halides is 2. The van der Waals surface area contributed by atoms with Gasteiger partial charge < -0.3 is 14.2 Å². The van der Waals surface area contributed by atoms with Crippen molar-refractivity contribution >= 4 is 71.7 Å². The molecule has 0 heterocycles. The lowest BCUT2D eigenvalue weighted by atomic mass is 10.0. The Kier molecular flexibility index (Phi) is 194. The van der Waals surface area contributed by atoms with Gasteiger partial charge in [0.25, 0.3) is 0 Å². The average Bonchev–Trinajstić information content (AvgIpc) is 3.25. The summed E-state index contributed by atoms with van der Waals surface area (Å²) in [5, 5.41) is 0. The van der Waals surface area contributed by atoms with E-state index in [0.29, 0.717) is 10.2 Å². The van der Waals surface area contributed by atoms with Gasteiger partial charge in [0.15, 0.2) is 0 Å². The molecule has 358 valence electrons. The van der Waals surface area contributed by atoms with Crippen molar-refractivity contribution < 1.29 is 68.7 Å². The SMILES string of the molecule is C=CCCC[SiH3].CC(F)(F)C[SiH3].CCC(CC)CC[SiH3].CCCCC[SiH3].CCCC[SiH3].CCOCC[SiH3].COCCOCCC[SiH3].FF.FF.FF.FF.FF. The second-order valence-electron chi connectivity index (χ2n) is 11.5. The third kappa shape index (κ3) is 207. The minimum absolute atomic E-state index is 0.0764. The van der Waals surface area contributed by atoms with Crippen molar-refractivity contribution in [3.05, 3.63) is 12.7 Å². The van der Waals surface area contributed by atoms with Crippen LogP contribution < -0.4 is 0 Å². The molecule has 56 heavy (non-hydrogen) atoms. The Morgan fingerprint density at radius 3 is 1.11 bits per heavy atom. The minimum Gasteiger partial charge on any atom is -0.382 e. The summed E-state index contributed by atoms with van der Waals surface area (Å²) >= 11 is 0. The van der Waals surface area contributed by atoms with Crippen LogP contribution in [0.5, 0.6) is 0 Å². The van der Waals surface area contributed by atoms with Crippen LogP contribution in [0.4, 0.5) is 54.5 Å². The van der Waals surface area contributed by atoms with Gasteiger partial charge in [-0.25, -0.2) is 8.78 Å². The van der Waals surface area contributed by atoms with Crippen LogP contribution in [0.2, 0.25) is 42.3 Å². The van der Waals surface area contributed by atoms with Crippen LogP contribution in [-0.2, 0) is 14.2 Å². The predicted octanol–water partition coefficient (Wildman–Crippen LogP) is 8.12. The molecule has 0 fully saturated rings. The molecule has 0 saturated carbocycles. The van der Waals surface area contributed by atoms with E-state index in [9.17, 15) is 8.78 Å². The van der Waals surface area contributed by atoms with E-state index in [4.69, 9.17) is 60.0 Å². The lowest BCUT2D eigenvalue weighted by Gasteiger charge is -2.08. The number of unbranched alkanes of at least 4 members (excludes halogenated alkanes) is 4. The molecule has 0 radical (unpaired) electrons. The summed E-state index contributed by atoms with van der Waals surface area (Å²) in [7, 11) is 10.4. The molecule has 0 amide bonds. The number of hydrogen-bond acceptors (Lipinski definition) is 3. The summed E-state index contributed by atoms with van der Waals surface area (Å²) in [4.78, 5) is 0. The van der Waals surface area contributed by atoms with E-state index in [-0.39, 0.29) is 6.04 Å². The third-order valence-corrected chi connectivity index (χ3v) is 11.6. The van der Waals surface area contributed by atoms with E-state index in [0.717, 1.165) is 45.9 Å². The molecule has 0 atom stereocenters. The molecule has 0 spiro atoms. The Labute approximate surface area is 358 Å². The van der Waals surface area contributed by atoms with Crippen molar-refractivity contribution in [2.24, 2.45) is 5.92 Å². The lowest BCUT2D eigenvalue weighted by molar-refractivity contribution is 0.0444. The van der Waals surface area contributed by atoms with E-state index in [1.165, 1.54) is 168 Å². The van der Waals surface area contributed by atoms with Crippen LogP contribution in [0.25, 0.3) is 0 Å². The third-order valence-electron chi connectivity index (χ3n) is 6.53. The number of allylic oxidation sites excluding steroid dienone is 1. The summed E-state index contributed by atoms with van der Waals surface area (Å²) in [5.74, 6) is -1.36. The van der Waals surface area contributed by atoms with Crippen LogP contribution in [0.1, 0.15) is 112 Å². The maximum atomic E-state index is 11.5. The average molecular weight is 974 g/mol. The van der Waals surface area contributed by atoms with Crippen molar-refractivity contribution in [1.82, 2.24) is 0 Å². The van der Waals surface area contributed by atoms with Crippen molar-refractivity contribution in [1.29, 1.82) is 0 Å². The molecule has 0 aliphatic rings. The first-order valence-electron chi connectivity index (χ1n) is 20.3. The topological polar surface area (TPSA) is 27.7 Å². The Balaban J connectivity index is -0.0000000390. The van der Waals surface area contributed by atoms with E-state index in [1.54, 1.807) is 7.11 Å². The van der Waals surface area contributed by atoms with Gasteiger partial charge >= 0.3 is 0 Å². The number of ether oxygens (including phenoxy) is 3. The largest absolute Gasteiger partial charge is 0.382 e. The monoisotopic (exact) mass is 973 g/mol. The summed E-state index contributed by atoms with van der Waals surface area (Å²) in [6, 6.07) is 8.58. The van der Waals surface area contributed by atoms with E-state index in [2.05, 4.69) is 34.3 Å². The van der Waals surface area contributed by atoms with E-state index < -0.39 is 5.92 Å². The fourth-order valence-corrected chi connectivity index (χ4v) is 6.10. The van der Waals surface area contributed by atoms with Gasteiger partial charge in [0.1, 0.15) is 0 Å². The van der Waals surface area contributed by atoms with Gasteiger partial charge in [-0.2, -0.15) is 0 Å². The van der Waals surface area contributed by atoms with Crippen LogP contribution in [0.15, 0.2) is 12.7 Å². The quantitative estimate of drug-likeness (QED) is 0.0476. The molecule has 0 unspecified atom stereocenters. The van der Waals surface area contributed by atoms with Crippen molar-refractivity contribution in [3.8, 4) is 0 Å². The van der Waals surface area contributed by atoms with Crippen LogP contribution >= 0.6 is 0 Å². The molecular formula is C34H92F12O3Si7. The molecule has 0 bridgehead atoms. The zero-order valence-electron chi connectivity index (χ0n) is 38.4. The standard InChI is InChI=1S/C7H18Si.C6H16O2Si.C5H14Si.C5H12Si.C4H12OSi.C4H12Si.C3H8F2Si.5F2/c1-3-7(4-2)5-6-8;1-7-4-5-8-3-2-6-9;2*1-2-3-4-5-6;1-2-5-3-4-6;1-2-3-4-5;1-3(4,5)2-6;5*1-2/h7H,3-6H2,1-2,8H3;2-6H2,1,9H3;2-5H2,1,6H3;2H,1,3-5H2,6H3;2-4H2,1,6H3;2-4H2,1,5H3;2H2,1,6H3;;;;;. The van der Waals surface area contributed by atoms with Crippen molar-refractivity contribution in [2.45, 2.75) is 160 Å². The molecule has 0 rings (SSSR count). The minimum atomic E-state index is -2.40. The summed E-state index contributed by atoms with van der Waals surface area (Å²) in [6.45, 7) is 19.9. The molecular weight excluding hydrogens is 881 g/mol. The highest BCUT2D eigenvalue weighted by Gasteiger charge is 2.15. The summed E-state index contributed by atoms with van der Waals surface area (Å²) in [5.41, 5.74) is 0. The maximum absolute atomic E-state index is 11.5. The lowest BCUT2D eigenvalue weighted by Crippen LogP contribution is -2.06. The number of halogens is 12. The van der Waals surface area contributed by atoms with E-state index >= 15 is 0 Å². The predicted molar refractivity (Wildman–Crippen MR) is 251 cm³/mol. The normalized spacial score (nSPS) is 8.86. The van der Waals surface area contributed by atoms with Gasteiger partial charge in [0.05, 0.1) is 13.2 Å². The first kappa shape index (κ1) is 87.7. The maximum Gasteiger partial charge on any atom is 0.242 e. The summed E-state index contributed by atoms with van der Waals surface area (Å²) < 4.78 is 118. The Bertz CT molecular complexity index is 444. The Hall–Kier alpha value is 0.298. The van der Waals surface area contributed by atoms with Gasteiger partial charge in [0, 0.05) is 144 Å². The molecule has 3 nitrogen and oxygen atoms in total.